The van der Waals surface area contributed by atoms with E-state index in [1.54, 1.807) is 43.3 Å². The number of hydrogen-bond donors (Lipinski definition) is 0. The molecule has 0 bridgehead atoms. The SMILES string of the molecule is CC1=NN(c2ccc(Cl)c(Cl)c2)C(=O)C1C1=C(Cl)C(=O)N(c2ccccc2)C1=O. The molecule has 9 heteroatoms. The lowest BCUT2D eigenvalue weighted by Gasteiger charge is -2.17. The van der Waals surface area contributed by atoms with Gasteiger partial charge in [-0.25, -0.2) is 4.90 Å². The van der Waals surface area contributed by atoms with E-state index >= 15 is 0 Å². The van der Waals surface area contributed by atoms with Crippen molar-refractivity contribution in [1.29, 1.82) is 0 Å². The highest BCUT2D eigenvalue weighted by molar-refractivity contribution is 6.54. The molecule has 2 aromatic rings. The molecule has 0 saturated heterocycles. The number of rotatable bonds is 3. The summed E-state index contributed by atoms with van der Waals surface area (Å²) in [6, 6.07) is 13.0. The zero-order chi connectivity index (χ0) is 20.9. The second kappa shape index (κ2) is 7.30. The molecule has 0 N–H and O–H groups in total. The fourth-order valence-corrected chi connectivity index (χ4v) is 3.85. The summed E-state index contributed by atoms with van der Waals surface area (Å²) in [5.74, 6) is -2.89. The van der Waals surface area contributed by atoms with Crippen LogP contribution in [0.15, 0.2) is 64.2 Å². The number of carbonyl (C=O) groups is 3. The van der Waals surface area contributed by atoms with E-state index in [2.05, 4.69) is 5.10 Å². The summed E-state index contributed by atoms with van der Waals surface area (Å²) < 4.78 is 0. The third kappa shape index (κ3) is 3.13. The minimum atomic E-state index is -1.07. The molecule has 3 amide bonds. The predicted octanol–water partition coefficient (Wildman–Crippen LogP) is 4.40. The Morgan fingerprint density at radius 3 is 2.21 bits per heavy atom. The van der Waals surface area contributed by atoms with Crippen molar-refractivity contribution in [3.8, 4) is 0 Å². The zero-order valence-corrected chi connectivity index (χ0v) is 17.2. The molecule has 0 aromatic heterocycles. The summed E-state index contributed by atoms with van der Waals surface area (Å²) >= 11 is 18.2. The maximum atomic E-state index is 13.1. The van der Waals surface area contributed by atoms with E-state index in [0.29, 0.717) is 22.1 Å². The molecule has 29 heavy (non-hydrogen) atoms. The normalized spacial score (nSPS) is 19.5. The molecule has 2 aromatic carbocycles. The van der Waals surface area contributed by atoms with E-state index in [9.17, 15) is 14.4 Å². The van der Waals surface area contributed by atoms with Gasteiger partial charge in [-0.3, -0.25) is 14.4 Å². The van der Waals surface area contributed by atoms with E-state index in [1.807, 2.05) is 0 Å². The first-order valence-corrected chi connectivity index (χ1v) is 9.62. The number of para-hydroxylation sites is 1. The Morgan fingerprint density at radius 1 is 0.862 bits per heavy atom. The molecule has 0 saturated carbocycles. The Hall–Kier alpha value is -2.67. The monoisotopic (exact) mass is 447 g/mol. The third-order valence-electron chi connectivity index (χ3n) is 4.64. The van der Waals surface area contributed by atoms with Gasteiger partial charge in [0, 0.05) is 0 Å². The van der Waals surface area contributed by atoms with Crippen LogP contribution in [0.5, 0.6) is 0 Å². The number of imide groups is 1. The molecule has 4 rings (SSSR count). The number of hydrazone groups is 1. The Balaban J connectivity index is 1.70. The van der Waals surface area contributed by atoms with E-state index in [-0.39, 0.29) is 15.6 Å². The van der Waals surface area contributed by atoms with Gasteiger partial charge in [-0.05, 0) is 37.3 Å². The van der Waals surface area contributed by atoms with Crippen molar-refractivity contribution in [2.45, 2.75) is 6.92 Å². The summed E-state index contributed by atoms with van der Waals surface area (Å²) in [6.07, 6.45) is 0. The van der Waals surface area contributed by atoms with Gasteiger partial charge >= 0.3 is 0 Å². The highest BCUT2D eigenvalue weighted by Gasteiger charge is 2.48. The quantitative estimate of drug-likeness (QED) is 0.654. The predicted molar refractivity (Wildman–Crippen MR) is 112 cm³/mol. The van der Waals surface area contributed by atoms with Gasteiger partial charge in [0.15, 0.2) is 0 Å². The highest BCUT2D eigenvalue weighted by atomic mass is 35.5. The average molecular weight is 449 g/mol. The minimum absolute atomic E-state index is 0.0886. The molecule has 0 fully saturated rings. The fourth-order valence-electron chi connectivity index (χ4n) is 3.28. The van der Waals surface area contributed by atoms with Crippen LogP contribution in [0.25, 0.3) is 0 Å². The molecule has 0 radical (unpaired) electrons. The van der Waals surface area contributed by atoms with Crippen molar-refractivity contribution in [1.82, 2.24) is 0 Å². The van der Waals surface area contributed by atoms with Crippen LogP contribution in [0.1, 0.15) is 6.92 Å². The van der Waals surface area contributed by atoms with Crippen LogP contribution < -0.4 is 9.91 Å². The van der Waals surface area contributed by atoms with E-state index in [4.69, 9.17) is 34.8 Å². The Morgan fingerprint density at radius 2 is 1.55 bits per heavy atom. The van der Waals surface area contributed by atoms with Gasteiger partial charge < -0.3 is 0 Å². The number of benzene rings is 2. The van der Waals surface area contributed by atoms with Crippen LogP contribution in [0.3, 0.4) is 0 Å². The topological polar surface area (TPSA) is 70.1 Å². The van der Waals surface area contributed by atoms with Crippen molar-refractivity contribution >= 4 is 69.6 Å². The molecular weight excluding hydrogens is 437 g/mol. The van der Waals surface area contributed by atoms with Crippen molar-refractivity contribution in [3.63, 3.8) is 0 Å². The number of anilines is 2. The average Bonchev–Trinajstić information content (AvgIpc) is 3.10. The van der Waals surface area contributed by atoms with E-state index < -0.39 is 23.6 Å². The van der Waals surface area contributed by atoms with Gasteiger partial charge in [0.1, 0.15) is 11.0 Å². The largest absolute Gasteiger partial charge is 0.277 e. The molecule has 0 spiro atoms. The maximum absolute atomic E-state index is 13.1. The molecule has 2 heterocycles. The van der Waals surface area contributed by atoms with Crippen molar-refractivity contribution in [2.24, 2.45) is 11.0 Å². The molecule has 1 atom stereocenters. The van der Waals surface area contributed by atoms with Crippen LogP contribution >= 0.6 is 34.8 Å². The minimum Gasteiger partial charge on any atom is -0.271 e. The van der Waals surface area contributed by atoms with Gasteiger partial charge in [-0.15, -0.1) is 0 Å². The number of nitrogens with zero attached hydrogens (tertiary/aromatic N) is 3. The Bertz CT molecular complexity index is 1130. The molecular formula is C20H12Cl3N3O3. The van der Waals surface area contributed by atoms with Crippen molar-refractivity contribution in [3.05, 3.63) is 69.2 Å². The van der Waals surface area contributed by atoms with Gasteiger partial charge in [0.25, 0.3) is 17.7 Å². The summed E-state index contributed by atoms with van der Waals surface area (Å²) in [6.45, 7) is 1.60. The first-order valence-electron chi connectivity index (χ1n) is 8.49. The molecule has 2 aliphatic heterocycles. The lowest BCUT2D eigenvalue weighted by atomic mass is 9.94. The van der Waals surface area contributed by atoms with Gasteiger partial charge in [0.05, 0.1) is 32.7 Å². The Labute approximate surface area is 180 Å². The maximum Gasteiger partial charge on any atom is 0.277 e. The van der Waals surface area contributed by atoms with Crippen LogP contribution in [-0.2, 0) is 14.4 Å². The lowest BCUT2D eigenvalue weighted by molar-refractivity contribution is -0.123. The first-order chi connectivity index (χ1) is 13.8. The van der Waals surface area contributed by atoms with Crippen molar-refractivity contribution in [2.75, 3.05) is 9.91 Å². The second-order valence-electron chi connectivity index (χ2n) is 6.43. The lowest BCUT2D eigenvalue weighted by Crippen LogP contribution is -2.35. The molecule has 2 aliphatic rings. The summed E-state index contributed by atoms with van der Waals surface area (Å²) in [5.41, 5.74) is 1.01. The number of halogens is 3. The highest BCUT2D eigenvalue weighted by Crippen LogP contribution is 2.38. The van der Waals surface area contributed by atoms with E-state index in [1.165, 1.54) is 12.1 Å². The number of amides is 3. The van der Waals surface area contributed by atoms with Gasteiger partial charge in [-0.2, -0.15) is 10.1 Å². The smallest absolute Gasteiger partial charge is 0.271 e. The van der Waals surface area contributed by atoms with Gasteiger partial charge in [0.2, 0.25) is 0 Å². The molecule has 0 aliphatic carbocycles. The van der Waals surface area contributed by atoms with Crippen LogP contribution in [0.2, 0.25) is 10.0 Å². The standard InChI is InChI=1S/C20H12Cl3N3O3/c1-10-15(19(28)26(24-10)12-7-8-13(21)14(22)9-12)16-17(23)20(29)25(18(16)27)11-5-3-2-4-6-11/h2-9,15H,1H3. The number of carbonyl (C=O) groups excluding carboxylic acids is 3. The van der Waals surface area contributed by atoms with Crippen LogP contribution in [-0.4, -0.2) is 23.4 Å². The number of hydrogen-bond acceptors (Lipinski definition) is 4. The molecule has 146 valence electrons. The van der Waals surface area contributed by atoms with Crippen LogP contribution in [0.4, 0.5) is 11.4 Å². The zero-order valence-electron chi connectivity index (χ0n) is 14.9. The fraction of sp³-hybridized carbons (Fsp3) is 0.100. The van der Waals surface area contributed by atoms with E-state index in [0.717, 1.165) is 9.91 Å². The summed E-state index contributed by atoms with van der Waals surface area (Å²) in [7, 11) is 0. The Kier molecular flexibility index (Phi) is 4.94. The van der Waals surface area contributed by atoms with Crippen LogP contribution in [0, 0.1) is 5.92 Å². The van der Waals surface area contributed by atoms with Gasteiger partial charge in [-0.1, -0.05) is 53.0 Å². The molecule has 6 nitrogen and oxygen atoms in total. The molecule has 1 unspecified atom stereocenters. The van der Waals surface area contributed by atoms with Crippen molar-refractivity contribution < 1.29 is 14.4 Å². The first kappa shape index (κ1) is 19.6. The summed E-state index contributed by atoms with van der Waals surface area (Å²) in [5, 5.41) is 5.68. The third-order valence-corrected chi connectivity index (χ3v) is 5.75. The second-order valence-corrected chi connectivity index (χ2v) is 7.62. The summed E-state index contributed by atoms with van der Waals surface area (Å²) in [4.78, 5) is 39.8.